The summed E-state index contributed by atoms with van der Waals surface area (Å²) in [7, 11) is 0. The maximum atomic E-state index is 14.1. The van der Waals surface area contributed by atoms with Crippen molar-refractivity contribution in [1.82, 2.24) is 0 Å². The van der Waals surface area contributed by atoms with E-state index in [4.69, 9.17) is 14.2 Å². The molecule has 0 spiro atoms. The Morgan fingerprint density at radius 2 is 1.61 bits per heavy atom. The lowest BCUT2D eigenvalue weighted by molar-refractivity contribution is -0.132. The minimum absolute atomic E-state index is 0.257. The van der Waals surface area contributed by atoms with Crippen molar-refractivity contribution < 1.29 is 18.6 Å². The van der Waals surface area contributed by atoms with Crippen molar-refractivity contribution >= 4 is 0 Å². The Balaban J connectivity index is 2.64. The first-order valence-electron chi connectivity index (χ1n) is 6.61. The molecule has 0 aromatic carbocycles. The van der Waals surface area contributed by atoms with Gasteiger partial charge in [-0.2, -0.15) is 0 Å². The first kappa shape index (κ1) is 15.9. The third kappa shape index (κ3) is 4.82. The Kier molecular flexibility index (Phi) is 4.79. The van der Waals surface area contributed by atoms with Crippen molar-refractivity contribution in [3.8, 4) is 0 Å². The third-order valence-corrected chi connectivity index (χ3v) is 2.69. The molecule has 1 aliphatic rings. The topological polar surface area (TPSA) is 27.7 Å². The SMILES string of the molecule is C[C@@H]1O[C@H](COC(C)(C)C)C(OC(C)(C)C)[C@H]1F. The summed E-state index contributed by atoms with van der Waals surface area (Å²) in [6, 6.07) is 0. The number of alkyl halides is 1. The van der Waals surface area contributed by atoms with Gasteiger partial charge in [0.05, 0.1) is 23.9 Å². The van der Waals surface area contributed by atoms with Crippen molar-refractivity contribution in [3.63, 3.8) is 0 Å². The zero-order chi connectivity index (χ0) is 14.1. The molecule has 0 bridgehead atoms. The Hall–Kier alpha value is -0.190. The van der Waals surface area contributed by atoms with Crippen LogP contribution in [0.3, 0.4) is 0 Å². The van der Waals surface area contributed by atoms with E-state index in [1.165, 1.54) is 0 Å². The maximum absolute atomic E-state index is 14.1. The van der Waals surface area contributed by atoms with E-state index in [1.54, 1.807) is 6.92 Å². The molecular formula is C14H27FO3. The van der Waals surface area contributed by atoms with Crippen molar-refractivity contribution in [1.29, 1.82) is 0 Å². The predicted molar refractivity (Wildman–Crippen MR) is 69.6 cm³/mol. The van der Waals surface area contributed by atoms with E-state index < -0.39 is 18.4 Å². The number of rotatable bonds is 3. The summed E-state index contributed by atoms with van der Waals surface area (Å²) in [6.07, 6.45) is -2.43. The largest absolute Gasteiger partial charge is 0.373 e. The summed E-state index contributed by atoms with van der Waals surface area (Å²) < 4.78 is 31.1. The number of ether oxygens (including phenoxy) is 3. The van der Waals surface area contributed by atoms with Crippen LogP contribution in [0.4, 0.5) is 4.39 Å². The Labute approximate surface area is 110 Å². The quantitative estimate of drug-likeness (QED) is 0.782. The number of hydrogen-bond donors (Lipinski definition) is 0. The molecule has 0 radical (unpaired) electrons. The molecule has 0 aliphatic carbocycles. The summed E-state index contributed by atoms with van der Waals surface area (Å²) in [5.74, 6) is 0. The Bertz CT molecular complexity index is 267. The molecule has 1 fully saturated rings. The Morgan fingerprint density at radius 3 is 2.06 bits per heavy atom. The second kappa shape index (κ2) is 5.43. The highest BCUT2D eigenvalue weighted by atomic mass is 19.1. The average Bonchev–Trinajstić information content (AvgIpc) is 2.39. The van der Waals surface area contributed by atoms with Crippen LogP contribution in [0.25, 0.3) is 0 Å². The number of hydrogen-bond acceptors (Lipinski definition) is 3. The second-order valence-electron chi connectivity index (χ2n) is 6.94. The summed E-state index contributed by atoms with van der Waals surface area (Å²) >= 11 is 0. The molecule has 3 nitrogen and oxygen atoms in total. The minimum atomic E-state index is -1.10. The van der Waals surface area contributed by atoms with Gasteiger partial charge in [0.2, 0.25) is 0 Å². The van der Waals surface area contributed by atoms with Crippen LogP contribution in [0.1, 0.15) is 48.5 Å². The van der Waals surface area contributed by atoms with E-state index in [-0.39, 0.29) is 17.3 Å². The fraction of sp³-hybridized carbons (Fsp3) is 1.00. The molecule has 1 unspecified atom stereocenters. The van der Waals surface area contributed by atoms with Crippen molar-refractivity contribution in [2.24, 2.45) is 0 Å². The van der Waals surface area contributed by atoms with Gasteiger partial charge in [0.25, 0.3) is 0 Å². The molecule has 0 aromatic heterocycles. The fourth-order valence-corrected chi connectivity index (χ4v) is 1.92. The molecule has 1 aliphatic heterocycles. The van der Waals surface area contributed by atoms with Gasteiger partial charge >= 0.3 is 0 Å². The highest BCUT2D eigenvalue weighted by Crippen LogP contribution is 2.30. The molecule has 1 saturated heterocycles. The fourth-order valence-electron chi connectivity index (χ4n) is 1.92. The standard InChI is InChI=1S/C14H27FO3/c1-9-11(15)12(18-14(5,6)7)10(17-9)8-16-13(2,3)4/h9-12H,8H2,1-7H3/t9-,10+,11-,12?/m0/s1. The molecule has 0 aromatic rings. The van der Waals surface area contributed by atoms with Crippen LogP contribution < -0.4 is 0 Å². The van der Waals surface area contributed by atoms with Gasteiger partial charge in [-0.05, 0) is 48.5 Å². The number of halogens is 1. The van der Waals surface area contributed by atoms with Crippen molar-refractivity contribution in [2.45, 2.75) is 84.2 Å². The smallest absolute Gasteiger partial charge is 0.155 e. The molecule has 0 saturated carbocycles. The molecule has 18 heavy (non-hydrogen) atoms. The van der Waals surface area contributed by atoms with Gasteiger partial charge < -0.3 is 14.2 Å². The highest BCUT2D eigenvalue weighted by molar-refractivity contribution is 4.92. The van der Waals surface area contributed by atoms with E-state index >= 15 is 0 Å². The summed E-state index contributed by atoms with van der Waals surface area (Å²) in [4.78, 5) is 0. The molecule has 4 atom stereocenters. The third-order valence-electron chi connectivity index (χ3n) is 2.69. The lowest BCUT2D eigenvalue weighted by atomic mass is 10.1. The van der Waals surface area contributed by atoms with E-state index in [9.17, 15) is 4.39 Å². The van der Waals surface area contributed by atoms with Crippen LogP contribution >= 0.6 is 0 Å². The Morgan fingerprint density at radius 1 is 1.06 bits per heavy atom. The van der Waals surface area contributed by atoms with Crippen LogP contribution in [-0.2, 0) is 14.2 Å². The molecule has 1 heterocycles. The van der Waals surface area contributed by atoms with Gasteiger partial charge in [-0.15, -0.1) is 0 Å². The molecule has 4 heteroatoms. The molecule has 108 valence electrons. The lowest BCUT2D eigenvalue weighted by Gasteiger charge is -2.30. The first-order chi connectivity index (χ1) is 7.99. The van der Waals surface area contributed by atoms with Gasteiger partial charge in [-0.3, -0.25) is 0 Å². The van der Waals surface area contributed by atoms with E-state index in [0.29, 0.717) is 6.61 Å². The zero-order valence-corrected chi connectivity index (χ0v) is 12.6. The average molecular weight is 262 g/mol. The van der Waals surface area contributed by atoms with Crippen LogP contribution in [-0.4, -0.2) is 42.3 Å². The van der Waals surface area contributed by atoms with Gasteiger partial charge in [0.15, 0.2) is 6.17 Å². The molecule has 0 amide bonds. The van der Waals surface area contributed by atoms with Crippen molar-refractivity contribution in [2.75, 3.05) is 6.61 Å². The van der Waals surface area contributed by atoms with Gasteiger partial charge in [-0.1, -0.05) is 0 Å². The summed E-state index contributed by atoms with van der Waals surface area (Å²) in [6.45, 7) is 13.8. The maximum Gasteiger partial charge on any atom is 0.155 e. The van der Waals surface area contributed by atoms with Crippen LogP contribution in [0.2, 0.25) is 0 Å². The van der Waals surface area contributed by atoms with Crippen LogP contribution in [0, 0.1) is 0 Å². The van der Waals surface area contributed by atoms with Gasteiger partial charge in [0.1, 0.15) is 12.2 Å². The van der Waals surface area contributed by atoms with E-state index in [1.807, 2.05) is 41.5 Å². The summed E-state index contributed by atoms with van der Waals surface area (Å²) in [5, 5.41) is 0. The second-order valence-corrected chi connectivity index (χ2v) is 6.94. The normalized spacial score (nSPS) is 34.0. The van der Waals surface area contributed by atoms with E-state index in [2.05, 4.69) is 0 Å². The van der Waals surface area contributed by atoms with Crippen molar-refractivity contribution in [3.05, 3.63) is 0 Å². The summed E-state index contributed by atoms with van der Waals surface area (Å²) in [5.41, 5.74) is -0.643. The predicted octanol–water partition coefficient (Wildman–Crippen LogP) is 3.11. The molecular weight excluding hydrogens is 235 g/mol. The molecule has 1 rings (SSSR count). The van der Waals surface area contributed by atoms with E-state index in [0.717, 1.165) is 0 Å². The van der Waals surface area contributed by atoms with Gasteiger partial charge in [0, 0.05) is 0 Å². The monoisotopic (exact) mass is 262 g/mol. The van der Waals surface area contributed by atoms with Crippen LogP contribution in [0.15, 0.2) is 0 Å². The first-order valence-corrected chi connectivity index (χ1v) is 6.61. The molecule has 0 N–H and O–H groups in total. The lowest BCUT2D eigenvalue weighted by Crippen LogP contribution is -2.41. The van der Waals surface area contributed by atoms with Gasteiger partial charge in [-0.25, -0.2) is 4.39 Å². The minimum Gasteiger partial charge on any atom is -0.373 e. The highest BCUT2D eigenvalue weighted by Gasteiger charge is 2.45. The van der Waals surface area contributed by atoms with Crippen LogP contribution in [0.5, 0.6) is 0 Å². The zero-order valence-electron chi connectivity index (χ0n) is 12.6.